The van der Waals surface area contributed by atoms with E-state index in [1.165, 1.54) is 0 Å². The number of hydrogen-bond acceptors (Lipinski definition) is 10. The molecule has 0 spiro atoms. The Morgan fingerprint density at radius 3 is 2.50 bits per heavy atom. The number of nitrogens with one attached hydrogen (secondary N) is 2. The third-order valence-electron chi connectivity index (χ3n) is 5.27. The molecule has 0 radical (unpaired) electrons. The molecule has 1 atom stereocenters. The van der Waals surface area contributed by atoms with Gasteiger partial charge in [0.15, 0.2) is 0 Å². The maximum absolute atomic E-state index is 14.4. The van der Waals surface area contributed by atoms with Crippen molar-refractivity contribution in [1.82, 2.24) is 25.6 Å². The molecule has 0 fully saturated rings. The van der Waals surface area contributed by atoms with Crippen LogP contribution in [0.25, 0.3) is 0 Å². The summed E-state index contributed by atoms with van der Waals surface area (Å²) in [5.74, 6) is 8.07. The summed E-state index contributed by atoms with van der Waals surface area (Å²) in [6.45, 7) is 1.60. The standard InChI is InChI=1S/C25H32F5N9O3/c1-15-4-6-35-18(8-15)11-36-24(41)21(31)13-39(34)12-17(26)5-7-38(33)14-22(32)37-23(40)10-16-9-19(2-3-20(16)27)42-25(28,29)30/h2-4,6,8-9,13-14,17H,5,7,10-12,31-34H2,1H3,(H,36,41)(H,37,40)/b21-13-,22-14+. The fourth-order valence-electron chi connectivity index (χ4n) is 3.40. The van der Waals surface area contributed by atoms with Crippen LogP contribution in [0, 0.1) is 12.7 Å². The number of pyridine rings is 1. The van der Waals surface area contributed by atoms with Gasteiger partial charge in [-0.3, -0.25) is 14.6 Å². The summed E-state index contributed by atoms with van der Waals surface area (Å²) in [6, 6.07) is 5.83. The van der Waals surface area contributed by atoms with Gasteiger partial charge in [-0.2, -0.15) is 0 Å². The Kier molecular flexibility index (Phi) is 12.3. The molecule has 0 aliphatic heterocycles. The van der Waals surface area contributed by atoms with Gasteiger partial charge in [-0.15, -0.1) is 13.2 Å². The second-order valence-electron chi connectivity index (χ2n) is 9.02. The Labute approximate surface area is 238 Å². The molecule has 2 amide bonds. The summed E-state index contributed by atoms with van der Waals surface area (Å²) in [5, 5.41) is 6.65. The van der Waals surface area contributed by atoms with E-state index in [0.29, 0.717) is 5.69 Å². The summed E-state index contributed by atoms with van der Waals surface area (Å²) in [6.07, 6.45) is -3.55. The molecule has 0 saturated heterocycles. The Morgan fingerprint density at radius 2 is 1.83 bits per heavy atom. The summed E-state index contributed by atoms with van der Waals surface area (Å²) < 4.78 is 69.2. The molecule has 0 saturated carbocycles. The maximum Gasteiger partial charge on any atom is 0.573 e. The van der Waals surface area contributed by atoms with Crippen LogP contribution in [0.5, 0.6) is 5.75 Å². The number of alkyl halides is 4. The molecule has 42 heavy (non-hydrogen) atoms. The lowest BCUT2D eigenvalue weighted by Gasteiger charge is -2.20. The number of nitrogens with zero attached hydrogens (tertiary/aromatic N) is 3. The smallest absolute Gasteiger partial charge is 0.406 e. The lowest BCUT2D eigenvalue weighted by atomic mass is 10.1. The van der Waals surface area contributed by atoms with Crippen molar-refractivity contribution in [2.24, 2.45) is 23.2 Å². The highest BCUT2D eigenvalue weighted by Crippen LogP contribution is 2.25. The van der Waals surface area contributed by atoms with E-state index in [9.17, 15) is 31.5 Å². The largest absolute Gasteiger partial charge is 0.573 e. The molecule has 1 unspecified atom stereocenters. The number of rotatable bonds is 14. The zero-order chi connectivity index (χ0) is 31.4. The van der Waals surface area contributed by atoms with Gasteiger partial charge in [0.1, 0.15) is 29.3 Å². The number of hydrogen-bond donors (Lipinski definition) is 6. The van der Waals surface area contributed by atoms with Crippen LogP contribution in [-0.4, -0.2) is 52.4 Å². The van der Waals surface area contributed by atoms with E-state index in [4.69, 9.17) is 23.2 Å². The first-order valence-corrected chi connectivity index (χ1v) is 12.3. The number of benzene rings is 1. The lowest BCUT2D eigenvalue weighted by molar-refractivity contribution is -0.274. The molecule has 1 aromatic carbocycles. The van der Waals surface area contributed by atoms with Crippen LogP contribution in [0.4, 0.5) is 22.0 Å². The number of hydrazine groups is 2. The Bertz CT molecular complexity index is 1290. The van der Waals surface area contributed by atoms with Gasteiger partial charge in [0.25, 0.3) is 5.91 Å². The van der Waals surface area contributed by atoms with Crippen molar-refractivity contribution in [2.45, 2.75) is 38.8 Å². The summed E-state index contributed by atoms with van der Waals surface area (Å²) in [7, 11) is 0. The zero-order valence-corrected chi connectivity index (χ0v) is 22.5. The topological polar surface area (TPSA) is 191 Å². The molecule has 2 rings (SSSR count). The van der Waals surface area contributed by atoms with E-state index in [1.807, 2.05) is 13.0 Å². The minimum atomic E-state index is -4.99. The fourth-order valence-corrected chi connectivity index (χ4v) is 3.40. The fraction of sp³-hybridized carbons (Fsp3) is 0.320. The molecule has 17 heteroatoms. The van der Waals surface area contributed by atoms with E-state index in [1.54, 1.807) is 12.3 Å². The predicted molar refractivity (Wildman–Crippen MR) is 142 cm³/mol. The molecular weight excluding hydrogens is 569 g/mol. The lowest BCUT2D eigenvalue weighted by Crippen LogP contribution is -2.38. The van der Waals surface area contributed by atoms with Crippen LogP contribution in [-0.2, 0) is 22.6 Å². The molecule has 12 nitrogen and oxygen atoms in total. The first-order chi connectivity index (χ1) is 19.6. The average molecular weight is 602 g/mol. The van der Waals surface area contributed by atoms with Gasteiger partial charge >= 0.3 is 6.36 Å². The number of ether oxygens (including phenoxy) is 1. The monoisotopic (exact) mass is 601 g/mol. The van der Waals surface area contributed by atoms with Crippen molar-refractivity contribution in [3.8, 4) is 5.75 Å². The predicted octanol–water partition coefficient (Wildman–Crippen LogP) is 1.04. The zero-order valence-electron chi connectivity index (χ0n) is 22.5. The second-order valence-corrected chi connectivity index (χ2v) is 9.02. The van der Waals surface area contributed by atoms with Gasteiger partial charge in [0, 0.05) is 24.5 Å². The number of carbonyl (C=O) groups excluding carboxylic acids is 2. The normalized spacial score (nSPS) is 12.9. The minimum Gasteiger partial charge on any atom is -0.406 e. The maximum atomic E-state index is 14.4. The number of aryl methyl sites for hydroxylation is 1. The van der Waals surface area contributed by atoms with Crippen molar-refractivity contribution in [2.75, 3.05) is 13.1 Å². The number of carbonyl (C=O) groups is 2. The number of nitrogens with two attached hydrogens (primary N) is 4. The molecule has 0 aliphatic rings. The average Bonchev–Trinajstić information content (AvgIpc) is 2.87. The highest BCUT2D eigenvalue weighted by Gasteiger charge is 2.31. The molecule has 0 bridgehead atoms. The SMILES string of the molecule is Cc1ccnc(CNC(=O)/C(N)=C/N(N)CC(F)CCN(N)/C=C(\N)NC(=O)Cc2cc(OC(F)(F)F)ccc2F)c1. The first-order valence-electron chi connectivity index (χ1n) is 12.3. The van der Waals surface area contributed by atoms with Gasteiger partial charge < -0.3 is 36.9 Å². The van der Waals surface area contributed by atoms with Gasteiger partial charge in [-0.05, 0) is 49.2 Å². The number of halogens is 5. The minimum absolute atomic E-state index is 0.0831. The van der Waals surface area contributed by atoms with Crippen molar-refractivity contribution in [3.63, 3.8) is 0 Å². The van der Waals surface area contributed by atoms with Crippen LogP contribution in [0.2, 0.25) is 0 Å². The van der Waals surface area contributed by atoms with Gasteiger partial charge in [-0.25, -0.2) is 20.5 Å². The second kappa shape index (κ2) is 15.4. The molecule has 1 heterocycles. The summed E-state index contributed by atoms with van der Waals surface area (Å²) >= 11 is 0. The third-order valence-corrected chi connectivity index (χ3v) is 5.27. The highest BCUT2D eigenvalue weighted by atomic mass is 19.4. The first kappa shape index (κ1) is 33.6. The van der Waals surface area contributed by atoms with Crippen LogP contribution in [0.1, 0.15) is 23.2 Å². The van der Waals surface area contributed by atoms with Gasteiger partial charge in [0.05, 0.1) is 31.4 Å². The Balaban J connectivity index is 1.78. The number of aromatic nitrogens is 1. The summed E-state index contributed by atoms with van der Waals surface area (Å²) in [5.41, 5.74) is 12.4. The Hall–Kier alpha value is -4.64. The third kappa shape index (κ3) is 12.7. The van der Waals surface area contributed by atoms with E-state index in [-0.39, 0.29) is 43.1 Å². The van der Waals surface area contributed by atoms with Crippen LogP contribution < -0.4 is 38.5 Å². The molecule has 2 aromatic rings. The summed E-state index contributed by atoms with van der Waals surface area (Å²) in [4.78, 5) is 28.4. The van der Waals surface area contributed by atoms with Crippen molar-refractivity contribution < 1.29 is 36.3 Å². The van der Waals surface area contributed by atoms with E-state index in [2.05, 4.69) is 20.4 Å². The van der Waals surface area contributed by atoms with Crippen LogP contribution in [0.15, 0.2) is 60.4 Å². The van der Waals surface area contributed by atoms with Crippen molar-refractivity contribution in [1.29, 1.82) is 0 Å². The van der Waals surface area contributed by atoms with Gasteiger partial charge in [0.2, 0.25) is 5.91 Å². The number of amides is 2. The molecule has 10 N–H and O–H groups in total. The van der Waals surface area contributed by atoms with Crippen molar-refractivity contribution >= 4 is 11.8 Å². The molecule has 1 aromatic heterocycles. The van der Waals surface area contributed by atoms with Crippen molar-refractivity contribution in [3.05, 3.63) is 83.1 Å². The van der Waals surface area contributed by atoms with Crippen LogP contribution >= 0.6 is 0 Å². The van der Waals surface area contributed by atoms with Crippen LogP contribution in [0.3, 0.4) is 0 Å². The highest BCUT2D eigenvalue weighted by molar-refractivity contribution is 5.92. The molecule has 0 aliphatic carbocycles. The Morgan fingerprint density at radius 1 is 1.12 bits per heavy atom. The van der Waals surface area contributed by atoms with Gasteiger partial charge in [-0.1, -0.05) is 0 Å². The van der Waals surface area contributed by atoms with E-state index in [0.717, 1.165) is 46.2 Å². The quantitative estimate of drug-likeness (QED) is 0.0789. The van der Waals surface area contributed by atoms with E-state index >= 15 is 0 Å². The molecule has 230 valence electrons. The molecular formula is C25H32F5N9O3. The van der Waals surface area contributed by atoms with E-state index < -0.39 is 42.3 Å².